The standard InChI is InChI=1S/C14H27N3O/c1-4-17(14(18)7-8-16(2)3)13-9-11-5-6-12(10-13)15-11/h11-13,15H,4-10H2,1-3H3. The summed E-state index contributed by atoms with van der Waals surface area (Å²) in [7, 11) is 4.04. The SMILES string of the molecule is CCN(C(=O)CCN(C)C)C1CC2CCC(C1)N2. The maximum absolute atomic E-state index is 12.3. The Bertz CT molecular complexity index is 281. The van der Waals surface area contributed by atoms with Crippen molar-refractivity contribution in [2.24, 2.45) is 0 Å². The number of carbonyl (C=O) groups is 1. The second kappa shape index (κ2) is 6.02. The fourth-order valence-electron chi connectivity index (χ4n) is 3.38. The van der Waals surface area contributed by atoms with Crippen LogP contribution in [0.25, 0.3) is 0 Å². The first kappa shape index (κ1) is 13.8. The quantitative estimate of drug-likeness (QED) is 0.796. The molecule has 2 aliphatic heterocycles. The normalized spacial score (nSPS) is 30.8. The van der Waals surface area contributed by atoms with Crippen molar-refractivity contribution in [2.75, 3.05) is 27.2 Å². The molecule has 2 saturated heterocycles. The Hall–Kier alpha value is -0.610. The molecule has 2 atom stereocenters. The molecule has 18 heavy (non-hydrogen) atoms. The van der Waals surface area contributed by atoms with Gasteiger partial charge in [0.2, 0.25) is 5.91 Å². The van der Waals surface area contributed by atoms with E-state index < -0.39 is 0 Å². The van der Waals surface area contributed by atoms with Gasteiger partial charge in [0, 0.05) is 37.6 Å². The smallest absolute Gasteiger partial charge is 0.224 e. The van der Waals surface area contributed by atoms with Crippen molar-refractivity contribution < 1.29 is 4.79 Å². The minimum absolute atomic E-state index is 0.331. The van der Waals surface area contributed by atoms with Crippen molar-refractivity contribution in [3.8, 4) is 0 Å². The van der Waals surface area contributed by atoms with E-state index in [1.165, 1.54) is 12.8 Å². The van der Waals surface area contributed by atoms with Crippen LogP contribution in [0.4, 0.5) is 0 Å². The lowest BCUT2D eigenvalue weighted by Crippen LogP contribution is -2.50. The van der Waals surface area contributed by atoms with Crippen LogP contribution in [0.15, 0.2) is 0 Å². The topological polar surface area (TPSA) is 35.6 Å². The highest BCUT2D eigenvalue weighted by Gasteiger charge is 2.36. The molecule has 4 nitrogen and oxygen atoms in total. The molecule has 2 bridgehead atoms. The summed E-state index contributed by atoms with van der Waals surface area (Å²) >= 11 is 0. The lowest BCUT2D eigenvalue weighted by Gasteiger charge is -2.37. The molecule has 0 aromatic rings. The van der Waals surface area contributed by atoms with Gasteiger partial charge in [-0.15, -0.1) is 0 Å². The molecule has 1 N–H and O–H groups in total. The molecule has 104 valence electrons. The van der Waals surface area contributed by atoms with E-state index in [0.717, 1.165) is 25.9 Å². The van der Waals surface area contributed by atoms with Gasteiger partial charge in [0.25, 0.3) is 0 Å². The Morgan fingerprint density at radius 3 is 2.33 bits per heavy atom. The third-order valence-electron chi connectivity index (χ3n) is 4.32. The van der Waals surface area contributed by atoms with Crippen LogP contribution in [0, 0.1) is 0 Å². The third-order valence-corrected chi connectivity index (χ3v) is 4.32. The lowest BCUT2D eigenvalue weighted by molar-refractivity contribution is -0.134. The van der Waals surface area contributed by atoms with Gasteiger partial charge in [0.1, 0.15) is 0 Å². The van der Waals surface area contributed by atoms with Gasteiger partial charge >= 0.3 is 0 Å². The minimum atomic E-state index is 0.331. The number of hydrogen-bond donors (Lipinski definition) is 1. The van der Waals surface area contributed by atoms with Crippen LogP contribution in [-0.2, 0) is 4.79 Å². The predicted molar refractivity (Wildman–Crippen MR) is 73.5 cm³/mol. The number of nitrogens with one attached hydrogen (secondary N) is 1. The van der Waals surface area contributed by atoms with Crippen molar-refractivity contribution in [1.82, 2.24) is 15.1 Å². The Morgan fingerprint density at radius 1 is 1.22 bits per heavy atom. The fourth-order valence-corrected chi connectivity index (χ4v) is 3.38. The maximum Gasteiger partial charge on any atom is 0.224 e. The van der Waals surface area contributed by atoms with Gasteiger partial charge in [-0.05, 0) is 46.7 Å². The van der Waals surface area contributed by atoms with E-state index in [2.05, 4.69) is 22.0 Å². The van der Waals surface area contributed by atoms with Crippen molar-refractivity contribution in [2.45, 2.75) is 57.2 Å². The molecule has 0 aliphatic carbocycles. The third kappa shape index (κ3) is 3.23. The summed E-state index contributed by atoms with van der Waals surface area (Å²) in [5, 5.41) is 3.64. The zero-order valence-corrected chi connectivity index (χ0v) is 12.0. The second-order valence-electron chi connectivity index (χ2n) is 6.00. The molecule has 2 aliphatic rings. The molecule has 2 heterocycles. The van der Waals surface area contributed by atoms with E-state index >= 15 is 0 Å². The van der Waals surface area contributed by atoms with Crippen LogP contribution in [0.2, 0.25) is 0 Å². The first-order valence-corrected chi connectivity index (χ1v) is 7.30. The molecule has 0 radical (unpaired) electrons. The molecule has 1 amide bonds. The number of rotatable bonds is 5. The van der Waals surface area contributed by atoms with Crippen molar-refractivity contribution in [1.29, 1.82) is 0 Å². The summed E-state index contributed by atoms with van der Waals surface area (Å²) in [5.74, 6) is 0.331. The molecule has 4 heteroatoms. The molecule has 2 rings (SSSR count). The van der Waals surface area contributed by atoms with Crippen LogP contribution >= 0.6 is 0 Å². The monoisotopic (exact) mass is 253 g/mol. The molecule has 0 saturated carbocycles. The summed E-state index contributed by atoms with van der Waals surface area (Å²) in [6.45, 7) is 3.82. The van der Waals surface area contributed by atoms with Crippen LogP contribution in [-0.4, -0.2) is 61.0 Å². The molecule has 0 aromatic carbocycles. The summed E-state index contributed by atoms with van der Waals surface area (Å²) < 4.78 is 0. The molecule has 2 fully saturated rings. The van der Waals surface area contributed by atoms with Gasteiger partial charge < -0.3 is 15.1 Å². The Labute approximate surface area is 111 Å². The minimum Gasteiger partial charge on any atom is -0.340 e. The van der Waals surface area contributed by atoms with Crippen LogP contribution in [0.5, 0.6) is 0 Å². The average molecular weight is 253 g/mol. The number of nitrogens with zero attached hydrogens (tertiary/aromatic N) is 2. The van der Waals surface area contributed by atoms with Gasteiger partial charge in [0.15, 0.2) is 0 Å². The van der Waals surface area contributed by atoms with E-state index in [1.807, 2.05) is 14.1 Å². The van der Waals surface area contributed by atoms with E-state index in [1.54, 1.807) is 0 Å². The second-order valence-corrected chi connectivity index (χ2v) is 6.00. The Balaban J connectivity index is 1.89. The number of hydrogen-bond acceptors (Lipinski definition) is 3. The van der Waals surface area contributed by atoms with Gasteiger partial charge in [-0.2, -0.15) is 0 Å². The van der Waals surface area contributed by atoms with Crippen molar-refractivity contribution >= 4 is 5.91 Å². The highest BCUT2D eigenvalue weighted by molar-refractivity contribution is 5.76. The number of amides is 1. The molecule has 2 unspecified atom stereocenters. The van der Waals surface area contributed by atoms with Gasteiger partial charge in [-0.25, -0.2) is 0 Å². The largest absolute Gasteiger partial charge is 0.340 e. The van der Waals surface area contributed by atoms with E-state index in [-0.39, 0.29) is 0 Å². The Kier molecular flexibility index (Phi) is 4.62. The number of piperidine rings is 1. The van der Waals surface area contributed by atoms with Gasteiger partial charge in [-0.1, -0.05) is 0 Å². The van der Waals surface area contributed by atoms with Gasteiger partial charge in [0.05, 0.1) is 0 Å². The maximum atomic E-state index is 12.3. The number of carbonyl (C=O) groups excluding carboxylic acids is 1. The zero-order chi connectivity index (χ0) is 13.1. The lowest BCUT2D eigenvalue weighted by atomic mass is 9.98. The van der Waals surface area contributed by atoms with E-state index in [0.29, 0.717) is 30.5 Å². The van der Waals surface area contributed by atoms with Crippen LogP contribution in [0.3, 0.4) is 0 Å². The summed E-state index contributed by atoms with van der Waals surface area (Å²) in [6, 6.07) is 1.79. The first-order chi connectivity index (χ1) is 8.60. The van der Waals surface area contributed by atoms with E-state index in [9.17, 15) is 4.79 Å². The van der Waals surface area contributed by atoms with Crippen molar-refractivity contribution in [3.63, 3.8) is 0 Å². The average Bonchev–Trinajstić information content (AvgIpc) is 2.67. The summed E-state index contributed by atoms with van der Waals surface area (Å²) in [5.41, 5.74) is 0. The van der Waals surface area contributed by atoms with E-state index in [4.69, 9.17) is 0 Å². The molecular weight excluding hydrogens is 226 g/mol. The molecular formula is C14H27N3O. The summed E-state index contributed by atoms with van der Waals surface area (Å²) in [6.07, 6.45) is 5.55. The van der Waals surface area contributed by atoms with Crippen molar-refractivity contribution in [3.05, 3.63) is 0 Å². The molecule has 0 aromatic heterocycles. The highest BCUT2D eigenvalue weighted by atomic mass is 16.2. The highest BCUT2D eigenvalue weighted by Crippen LogP contribution is 2.29. The first-order valence-electron chi connectivity index (χ1n) is 7.30. The fraction of sp³-hybridized carbons (Fsp3) is 0.929. The zero-order valence-electron chi connectivity index (χ0n) is 12.0. The van der Waals surface area contributed by atoms with Gasteiger partial charge in [-0.3, -0.25) is 4.79 Å². The predicted octanol–water partition coefficient (Wildman–Crippen LogP) is 1.07. The number of fused-ring (bicyclic) bond motifs is 2. The van der Waals surface area contributed by atoms with Crippen LogP contribution < -0.4 is 5.32 Å². The summed E-state index contributed by atoms with van der Waals surface area (Å²) in [4.78, 5) is 16.5. The molecule has 0 spiro atoms. The van der Waals surface area contributed by atoms with Crippen LogP contribution in [0.1, 0.15) is 39.0 Å². The Morgan fingerprint density at radius 2 is 1.83 bits per heavy atom.